The molecule has 18 heavy (non-hydrogen) atoms. The van der Waals surface area contributed by atoms with Crippen molar-refractivity contribution in [1.82, 2.24) is 5.32 Å². The molecule has 1 rings (SSSR count). The van der Waals surface area contributed by atoms with E-state index in [1.54, 1.807) is 31.2 Å². The first-order valence-corrected chi connectivity index (χ1v) is 6.37. The molecule has 0 aromatic heterocycles. The summed E-state index contributed by atoms with van der Waals surface area (Å²) >= 11 is 5.60. The monoisotopic (exact) mass is 268 g/mol. The van der Waals surface area contributed by atoms with Gasteiger partial charge in [-0.1, -0.05) is 6.92 Å². The van der Waals surface area contributed by atoms with Gasteiger partial charge in [0.1, 0.15) is 0 Å². The van der Waals surface area contributed by atoms with Gasteiger partial charge in [0, 0.05) is 29.6 Å². The first kappa shape index (κ1) is 14.5. The van der Waals surface area contributed by atoms with Crippen molar-refractivity contribution in [3.8, 4) is 0 Å². The minimum Gasteiger partial charge on any atom is -0.352 e. The molecule has 0 aliphatic heterocycles. The number of alkyl halides is 1. The lowest BCUT2D eigenvalue weighted by molar-refractivity contribution is -0.118. The predicted molar refractivity (Wildman–Crippen MR) is 73.0 cm³/mol. The number of halogens is 1. The molecule has 1 atom stereocenters. The second-order valence-electron chi connectivity index (χ2n) is 3.98. The number of carbonyl (C=O) groups excluding carboxylic acids is 2. The molecule has 0 aliphatic rings. The lowest BCUT2D eigenvalue weighted by atomic mass is 10.1. The predicted octanol–water partition coefficient (Wildman–Crippen LogP) is 2.25. The van der Waals surface area contributed by atoms with Crippen LogP contribution in [0.25, 0.3) is 0 Å². The number of anilines is 1. The van der Waals surface area contributed by atoms with E-state index in [1.165, 1.54) is 0 Å². The normalized spacial score (nSPS) is 11.7. The molecule has 98 valence electrons. The van der Waals surface area contributed by atoms with Crippen molar-refractivity contribution in [2.45, 2.75) is 13.8 Å². The Labute approximate surface area is 112 Å². The van der Waals surface area contributed by atoms with Gasteiger partial charge < -0.3 is 10.6 Å². The Balaban J connectivity index is 2.66. The van der Waals surface area contributed by atoms with Crippen molar-refractivity contribution in [3.05, 3.63) is 29.8 Å². The van der Waals surface area contributed by atoms with Gasteiger partial charge in [-0.15, -0.1) is 11.6 Å². The maximum atomic E-state index is 11.6. The Morgan fingerprint density at radius 2 is 1.89 bits per heavy atom. The van der Waals surface area contributed by atoms with Crippen LogP contribution in [0.3, 0.4) is 0 Å². The average molecular weight is 269 g/mol. The number of amides is 2. The molecule has 0 aliphatic carbocycles. The lowest BCUT2D eigenvalue weighted by Crippen LogP contribution is -2.23. The number of nitrogens with one attached hydrogen (secondary N) is 2. The maximum absolute atomic E-state index is 11.6. The zero-order valence-electron chi connectivity index (χ0n) is 10.5. The van der Waals surface area contributed by atoms with Gasteiger partial charge in [-0.25, -0.2) is 0 Å². The van der Waals surface area contributed by atoms with Crippen LogP contribution in [0.2, 0.25) is 0 Å². The minimum atomic E-state index is -0.241. The van der Waals surface area contributed by atoms with Crippen molar-refractivity contribution in [3.63, 3.8) is 0 Å². The van der Waals surface area contributed by atoms with Crippen LogP contribution in [0.1, 0.15) is 24.2 Å². The van der Waals surface area contributed by atoms with Crippen LogP contribution in [0.4, 0.5) is 5.69 Å². The molecule has 1 unspecified atom stereocenters. The Hall–Kier alpha value is -1.55. The molecule has 0 fully saturated rings. The summed E-state index contributed by atoms with van der Waals surface area (Å²) in [5.41, 5.74) is 1.23. The molecule has 1 aromatic carbocycles. The van der Waals surface area contributed by atoms with E-state index in [0.29, 0.717) is 17.8 Å². The van der Waals surface area contributed by atoms with Crippen molar-refractivity contribution < 1.29 is 9.59 Å². The minimum absolute atomic E-state index is 0.121. The summed E-state index contributed by atoms with van der Waals surface area (Å²) in [6.07, 6.45) is 0. The van der Waals surface area contributed by atoms with Crippen LogP contribution in [-0.4, -0.2) is 24.2 Å². The SMILES string of the molecule is CCNC(=O)c1ccc(NC(=O)C(C)CCl)cc1. The Kier molecular flexibility index (Phi) is 5.65. The highest BCUT2D eigenvalue weighted by atomic mass is 35.5. The van der Waals surface area contributed by atoms with E-state index in [2.05, 4.69) is 10.6 Å². The third-order valence-electron chi connectivity index (χ3n) is 2.43. The summed E-state index contributed by atoms with van der Waals surface area (Å²) in [5, 5.41) is 5.44. The zero-order valence-corrected chi connectivity index (χ0v) is 11.3. The maximum Gasteiger partial charge on any atom is 0.251 e. The second kappa shape index (κ2) is 7.01. The fraction of sp³-hybridized carbons (Fsp3) is 0.385. The van der Waals surface area contributed by atoms with Crippen LogP contribution in [0, 0.1) is 5.92 Å². The highest BCUT2D eigenvalue weighted by Gasteiger charge is 2.11. The summed E-state index contributed by atoms with van der Waals surface area (Å²) in [7, 11) is 0. The first-order valence-electron chi connectivity index (χ1n) is 5.83. The average Bonchev–Trinajstić information content (AvgIpc) is 2.38. The zero-order chi connectivity index (χ0) is 13.5. The molecule has 4 nitrogen and oxygen atoms in total. The van der Waals surface area contributed by atoms with E-state index in [4.69, 9.17) is 11.6 Å². The Morgan fingerprint density at radius 3 is 2.39 bits per heavy atom. The lowest BCUT2D eigenvalue weighted by Gasteiger charge is -2.09. The highest BCUT2D eigenvalue weighted by molar-refractivity contribution is 6.19. The smallest absolute Gasteiger partial charge is 0.251 e. The molecule has 1 aromatic rings. The third kappa shape index (κ3) is 4.04. The van der Waals surface area contributed by atoms with Gasteiger partial charge in [-0.3, -0.25) is 9.59 Å². The van der Waals surface area contributed by atoms with Crippen LogP contribution in [-0.2, 0) is 4.79 Å². The second-order valence-corrected chi connectivity index (χ2v) is 4.29. The Bertz CT molecular complexity index is 418. The fourth-order valence-electron chi connectivity index (χ4n) is 1.30. The van der Waals surface area contributed by atoms with E-state index in [-0.39, 0.29) is 23.6 Å². The largest absolute Gasteiger partial charge is 0.352 e. The molecule has 5 heteroatoms. The van der Waals surface area contributed by atoms with Crippen LogP contribution in [0.15, 0.2) is 24.3 Å². The molecular formula is C13H17ClN2O2. The standard InChI is InChI=1S/C13H17ClN2O2/c1-3-15-13(18)10-4-6-11(7-5-10)16-12(17)9(2)8-14/h4-7,9H,3,8H2,1-2H3,(H,15,18)(H,16,17). The first-order chi connectivity index (χ1) is 8.58. The van der Waals surface area contributed by atoms with Crippen LogP contribution >= 0.6 is 11.6 Å². The van der Waals surface area contributed by atoms with Gasteiger partial charge in [0.25, 0.3) is 5.91 Å². The topological polar surface area (TPSA) is 58.2 Å². The van der Waals surface area contributed by atoms with Crippen molar-refractivity contribution in [1.29, 1.82) is 0 Å². The molecule has 0 radical (unpaired) electrons. The summed E-state index contributed by atoms with van der Waals surface area (Å²) in [6.45, 7) is 4.20. The summed E-state index contributed by atoms with van der Waals surface area (Å²) < 4.78 is 0. The summed E-state index contributed by atoms with van der Waals surface area (Å²) in [4.78, 5) is 23.1. The van der Waals surface area contributed by atoms with E-state index >= 15 is 0 Å². The third-order valence-corrected chi connectivity index (χ3v) is 2.89. The summed E-state index contributed by atoms with van der Waals surface area (Å²) in [5.74, 6) is -0.210. The molecule has 2 N–H and O–H groups in total. The number of hydrogen-bond acceptors (Lipinski definition) is 2. The summed E-state index contributed by atoms with van der Waals surface area (Å²) in [6, 6.07) is 6.74. The van der Waals surface area contributed by atoms with Crippen LogP contribution < -0.4 is 10.6 Å². The number of rotatable bonds is 5. The van der Waals surface area contributed by atoms with E-state index in [9.17, 15) is 9.59 Å². The van der Waals surface area contributed by atoms with Crippen molar-refractivity contribution in [2.75, 3.05) is 17.7 Å². The fourth-order valence-corrected chi connectivity index (χ4v) is 1.44. The number of benzene rings is 1. The number of carbonyl (C=O) groups is 2. The molecule has 2 amide bonds. The Morgan fingerprint density at radius 1 is 1.28 bits per heavy atom. The molecule has 0 saturated heterocycles. The van der Waals surface area contributed by atoms with Gasteiger partial charge in [0.2, 0.25) is 5.91 Å². The number of hydrogen-bond donors (Lipinski definition) is 2. The van der Waals surface area contributed by atoms with Gasteiger partial charge in [0.05, 0.1) is 0 Å². The van der Waals surface area contributed by atoms with Crippen molar-refractivity contribution >= 4 is 29.1 Å². The van der Waals surface area contributed by atoms with E-state index in [1.807, 2.05) is 6.92 Å². The van der Waals surface area contributed by atoms with Gasteiger partial charge in [-0.2, -0.15) is 0 Å². The van der Waals surface area contributed by atoms with Crippen molar-refractivity contribution in [2.24, 2.45) is 5.92 Å². The molecule has 0 saturated carbocycles. The molecule has 0 heterocycles. The van der Waals surface area contributed by atoms with Crippen LogP contribution in [0.5, 0.6) is 0 Å². The van der Waals surface area contributed by atoms with E-state index in [0.717, 1.165) is 0 Å². The van der Waals surface area contributed by atoms with Gasteiger partial charge in [0.15, 0.2) is 0 Å². The molecular weight excluding hydrogens is 252 g/mol. The highest BCUT2D eigenvalue weighted by Crippen LogP contribution is 2.11. The van der Waals surface area contributed by atoms with E-state index < -0.39 is 0 Å². The molecule has 0 spiro atoms. The quantitative estimate of drug-likeness (QED) is 0.805. The van der Waals surface area contributed by atoms with Gasteiger partial charge >= 0.3 is 0 Å². The molecule has 0 bridgehead atoms. The van der Waals surface area contributed by atoms with Gasteiger partial charge in [-0.05, 0) is 31.2 Å².